The molecule has 0 saturated carbocycles. The van der Waals surface area contributed by atoms with Crippen LogP contribution in [0.4, 0.5) is 5.82 Å². The lowest BCUT2D eigenvalue weighted by Gasteiger charge is -2.22. The normalized spacial score (nSPS) is 12.1. The number of aromatic nitrogens is 1. The quantitative estimate of drug-likeness (QED) is 0.764. The number of hydrogen-bond acceptors (Lipinski definition) is 7. The largest absolute Gasteiger partial charge is 0.493 e. The molecule has 2 aromatic rings. The van der Waals surface area contributed by atoms with E-state index in [1.54, 1.807) is 12.1 Å². The number of methoxy groups -OCH3 is 2. The van der Waals surface area contributed by atoms with Crippen molar-refractivity contribution in [3.8, 4) is 28.7 Å². The van der Waals surface area contributed by atoms with E-state index >= 15 is 0 Å². The Morgan fingerprint density at radius 2 is 2.11 bits per heavy atom. The summed E-state index contributed by atoms with van der Waals surface area (Å²) >= 11 is 6.32. The third-order valence-electron chi connectivity index (χ3n) is 3.98. The Bertz CT molecular complexity index is 896. The second kappa shape index (κ2) is 9.07. The van der Waals surface area contributed by atoms with Crippen molar-refractivity contribution in [2.75, 3.05) is 26.6 Å². The number of anilines is 1. The van der Waals surface area contributed by atoms with E-state index < -0.39 is 0 Å². The average molecular weight is 392 g/mol. The fraction of sp³-hybridized carbons (Fsp3) is 0.278. The third-order valence-corrected chi connectivity index (χ3v) is 4.26. The van der Waals surface area contributed by atoms with E-state index in [9.17, 15) is 5.26 Å². The lowest BCUT2D eigenvalue weighted by molar-refractivity contribution is -0.122. The van der Waals surface area contributed by atoms with Gasteiger partial charge in [-0.15, -0.1) is 0 Å². The van der Waals surface area contributed by atoms with Gasteiger partial charge in [-0.3, -0.25) is 4.79 Å². The van der Waals surface area contributed by atoms with Crippen molar-refractivity contribution >= 4 is 23.9 Å². The highest BCUT2D eigenvalue weighted by molar-refractivity contribution is 6.32. The molecule has 0 aliphatic carbocycles. The van der Waals surface area contributed by atoms with Gasteiger partial charge < -0.3 is 25.1 Å². The van der Waals surface area contributed by atoms with Crippen LogP contribution in [0, 0.1) is 11.3 Å². The molecule has 1 aliphatic rings. The lowest BCUT2D eigenvalue weighted by Crippen LogP contribution is -2.16. The van der Waals surface area contributed by atoms with E-state index in [0.29, 0.717) is 52.8 Å². The highest BCUT2D eigenvalue weighted by Gasteiger charge is 2.24. The molecule has 9 heteroatoms. The number of carbonyl (C=O) groups is 1. The number of carboxylic acid groups (broad SMARTS) is 1. The van der Waals surface area contributed by atoms with Crippen LogP contribution in [0.3, 0.4) is 0 Å². The van der Waals surface area contributed by atoms with Gasteiger partial charge >= 0.3 is 0 Å². The van der Waals surface area contributed by atoms with Gasteiger partial charge in [0.15, 0.2) is 11.5 Å². The second-order valence-corrected chi connectivity index (χ2v) is 5.79. The molecular formula is C18H18ClN3O5. The first-order valence-corrected chi connectivity index (χ1v) is 8.18. The Morgan fingerprint density at radius 1 is 1.41 bits per heavy atom. The maximum Gasteiger partial charge on any atom is 0.290 e. The van der Waals surface area contributed by atoms with Crippen LogP contribution in [-0.2, 0) is 22.6 Å². The lowest BCUT2D eigenvalue weighted by atomic mass is 9.92. The van der Waals surface area contributed by atoms with Gasteiger partial charge in [0.1, 0.15) is 17.5 Å². The number of nitrogens with zero attached hydrogens (tertiary/aromatic N) is 2. The smallest absolute Gasteiger partial charge is 0.290 e. The number of nitrogen functional groups attached to an aromatic ring is 1. The van der Waals surface area contributed by atoms with E-state index in [1.807, 2.05) is 0 Å². The summed E-state index contributed by atoms with van der Waals surface area (Å²) in [5.41, 5.74) is 9.40. The van der Waals surface area contributed by atoms with Crippen molar-refractivity contribution < 1.29 is 24.1 Å². The SMILES string of the molecule is COc1cc(-c2c(C#N)c(N)nc3c2COCC3)cc(Cl)c1OC.O=CO. The molecule has 142 valence electrons. The van der Waals surface area contributed by atoms with E-state index in [2.05, 4.69) is 11.1 Å². The monoisotopic (exact) mass is 391 g/mol. The zero-order valence-corrected chi connectivity index (χ0v) is 15.5. The minimum absolute atomic E-state index is 0.207. The molecule has 0 saturated heterocycles. The third kappa shape index (κ3) is 4.05. The van der Waals surface area contributed by atoms with Crippen molar-refractivity contribution in [3.63, 3.8) is 0 Å². The molecule has 0 fully saturated rings. The van der Waals surface area contributed by atoms with Crippen LogP contribution in [-0.4, -0.2) is 37.4 Å². The van der Waals surface area contributed by atoms with Crippen molar-refractivity contribution in [2.45, 2.75) is 13.0 Å². The van der Waals surface area contributed by atoms with Crippen LogP contribution in [0.2, 0.25) is 5.02 Å². The Kier molecular flexibility index (Phi) is 6.82. The standard InChI is InChI=1S/C17H16ClN3O3.CH2O2/c1-22-14-6-9(5-12(18)16(14)23-2)15-10(7-19)17(20)21-13-3-4-24-8-11(13)15;2-1-3/h5-6H,3-4,8H2,1-2H3,(H2,20,21);1H,(H,2,3). The summed E-state index contributed by atoms with van der Waals surface area (Å²) in [6, 6.07) is 5.64. The van der Waals surface area contributed by atoms with Crippen LogP contribution in [0.5, 0.6) is 11.5 Å². The Morgan fingerprint density at radius 3 is 2.70 bits per heavy atom. The zero-order chi connectivity index (χ0) is 20.0. The van der Waals surface area contributed by atoms with E-state index in [-0.39, 0.29) is 12.3 Å². The first kappa shape index (κ1) is 20.3. The number of nitrogens with two attached hydrogens (primary N) is 1. The molecule has 1 aromatic heterocycles. The molecule has 0 bridgehead atoms. The van der Waals surface area contributed by atoms with Crippen molar-refractivity contribution in [3.05, 3.63) is 34.0 Å². The van der Waals surface area contributed by atoms with Crippen LogP contribution in [0.25, 0.3) is 11.1 Å². The summed E-state index contributed by atoms with van der Waals surface area (Å²) in [7, 11) is 3.05. The number of rotatable bonds is 3. The molecule has 0 amide bonds. The highest BCUT2D eigenvalue weighted by atomic mass is 35.5. The molecule has 1 aliphatic heterocycles. The summed E-state index contributed by atoms with van der Waals surface area (Å²) in [5, 5.41) is 16.8. The van der Waals surface area contributed by atoms with Gasteiger partial charge in [-0.05, 0) is 17.7 Å². The second-order valence-electron chi connectivity index (χ2n) is 5.39. The van der Waals surface area contributed by atoms with Crippen molar-refractivity contribution in [1.29, 1.82) is 5.26 Å². The number of nitriles is 1. The summed E-state index contributed by atoms with van der Waals surface area (Å²) < 4.78 is 16.2. The fourth-order valence-electron chi connectivity index (χ4n) is 2.89. The predicted octanol–water partition coefficient (Wildman–Crippen LogP) is 2.65. The van der Waals surface area contributed by atoms with Gasteiger partial charge in [-0.1, -0.05) is 11.6 Å². The fourth-order valence-corrected chi connectivity index (χ4v) is 3.18. The number of fused-ring (bicyclic) bond motifs is 1. The van der Waals surface area contributed by atoms with E-state index in [1.165, 1.54) is 14.2 Å². The summed E-state index contributed by atoms with van der Waals surface area (Å²) in [6.45, 7) is 0.704. The summed E-state index contributed by atoms with van der Waals surface area (Å²) in [6.07, 6.45) is 0.652. The minimum Gasteiger partial charge on any atom is -0.493 e. The molecule has 0 spiro atoms. The Labute approximate surface area is 161 Å². The van der Waals surface area contributed by atoms with E-state index in [0.717, 1.165) is 11.3 Å². The molecule has 0 radical (unpaired) electrons. The predicted molar refractivity (Wildman–Crippen MR) is 99.0 cm³/mol. The maximum atomic E-state index is 9.56. The molecule has 1 aromatic carbocycles. The van der Waals surface area contributed by atoms with E-state index in [4.69, 9.17) is 41.4 Å². The number of benzene rings is 1. The zero-order valence-electron chi connectivity index (χ0n) is 14.8. The van der Waals surface area contributed by atoms with Crippen LogP contribution in [0.15, 0.2) is 12.1 Å². The minimum atomic E-state index is -0.250. The summed E-state index contributed by atoms with van der Waals surface area (Å²) in [5.74, 6) is 1.12. The molecule has 3 rings (SSSR count). The molecule has 3 N–H and O–H groups in total. The Balaban J connectivity index is 0.000000817. The van der Waals surface area contributed by atoms with Gasteiger partial charge in [0.05, 0.1) is 38.1 Å². The molecule has 0 unspecified atom stereocenters. The van der Waals surface area contributed by atoms with Crippen LogP contribution < -0.4 is 15.2 Å². The van der Waals surface area contributed by atoms with Gasteiger partial charge in [-0.25, -0.2) is 4.98 Å². The van der Waals surface area contributed by atoms with Crippen molar-refractivity contribution in [1.82, 2.24) is 4.98 Å². The Hall–Kier alpha value is -3.02. The first-order chi connectivity index (χ1) is 13.0. The molecular weight excluding hydrogens is 374 g/mol. The highest BCUT2D eigenvalue weighted by Crippen LogP contribution is 2.42. The van der Waals surface area contributed by atoms with Gasteiger partial charge in [0.2, 0.25) is 0 Å². The number of halogens is 1. The van der Waals surface area contributed by atoms with Gasteiger partial charge in [0, 0.05) is 17.5 Å². The van der Waals surface area contributed by atoms with Crippen LogP contribution >= 0.6 is 11.6 Å². The number of pyridine rings is 1. The summed E-state index contributed by atoms with van der Waals surface area (Å²) in [4.78, 5) is 12.7. The van der Waals surface area contributed by atoms with Gasteiger partial charge in [-0.2, -0.15) is 5.26 Å². The number of ether oxygens (including phenoxy) is 3. The molecule has 2 heterocycles. The average Bonchev–Trinajstić information content (AvgIpc) is 2.66. The van der Waals surface area contributed by atoms with Crippen molar-refractivity contribution in [2.24, 2.45) is 0 Å². The molecule has 27 heavy (non-hydrogen) atoms. The first-order valence-electron chi connectivity index (χ1n) is 7.81. The maximum absolute atomic E-state index is 9.56. The number of hydrogen-bond donors (Lipinski definition) is 2. The van der Waals surface area contributed by atoms with Crippen LogP contribution in [0.1, 0.15) is 16.8 Å². The topological polar surface area (TPSA) is 128 Å². The molecule has 0 atom stereocenters. The molecule has 8 nitrogen and oxygen atoms in total. The van der Waals surface area contributed by atoms with Gasteiger partial charge in [0.25, 0.3) is 6.47 Å².